The summed E-state index contributed by atoms with van der Waals surface area (Å²) in [6.07, 6.45) is 1.72. The lowest BCUT2D eigenvalue weighted by molar-refractivity contribution is 1.17. The lowest BCUT2D eigenvalue weighted by Gasteiger charge is -2.00. The second-order valence-electron chi connectivity index (χ2n) is 1.88. The molecule has 0 saturated heterocycles. The van der Waals surface area contributed by atoms with Gasteiger partial charge in [-0.3, -0.25) is 0 Å². The number of rotatable bonds is 1. The third-order valence-electron chi connectivity index (χ3n) is 1.13. The summed E-state index contributed by atoms with van der Waals surface area (Å²) in [4.78, 5) is 7.48. The van der Waals surface area contributed by atoms with Gasteiger partial charge in [-0.1, -0.05) is 34.2 Å². The van der Waals surface area contributed by atoms with Crippen LogP contribution in [0.2, 0.25) is 10.4 Å². The van der Waals surface area contributed by atoms with Crippen LogP contribution in [0.4, 0.5) is 5.82 Å². The van der Waals surface area contributed by atoms with Crippen molar-refractivity contribution < 1.29 is 0 Å². The van der Waals surface area contributed by atoms with Gasteiger partial charge in [-0.2, -0.15) is 0 Å². The van der Waals surface area contributed by atoms with Crippen LogP contribution < -0.4 is 5.73 Å². The lowest BCUT2D eigenvalue weighted by Crippen LogP contribution is -1.97. The van der Waals surface area contributed by atoms with E-state index < -0.39 is 0 Å². The van der Waals surface area contributed by atoms with Gasteiger partial charge in [-0.05, 0) is 21.8 Å². The molecule has 0 amide bonds. The van der Waals surface area contributed by atoms with Crippen LogP contribution in [0.5, 0.6) is 0 Å². The molecular formula is C6H4Cl2IN3. The Kier molecular flexibility index (Phi) is 3.54. The molecule has 0 unspecified atom stereocenters. The van der Waals surface area contributed by atoms with Crippen molar-refractivity contribution in [2.24, 2.45) is 0 Å². The highest BCUT2D eigenvalue weighted by molar-refractivity contribution is 14.1. The van der Waals surface area contributed by atoms with Crippen LogP contribution in [-0.2, 0) is 0 Å². The summed E-state index contributed by atoms with van der Waals surface area (Å²) in [5.41, 5.74) is 6.13. The van der Waals surface area contributed by atoms with Gasteiger partial charge in [0.15, 0.2) is 0 Å². The van der Waals surface area contributed by atoms with Gasteiger partial charge < -0.3 is 5.73 Å². The lowest BCUT2D eigenvalue weighted by atomic mass is 10.3. The summed E-state index contributed by atoms with van der Waals surface area (Å²) in [5, 5.41) is 0.323. The van der Waals surface area contributed by atoms with Crippen LogP contribution in [0, 0.1) is 0 Å². The molecule has 0 aliphatic rings. The number of halogens is 3. The van der Waals surface area contributed by atoms with Gasteiger partial charge in [0, 0.05) is 0 Å². The summed E-state index contributed by atoms with van der Waals surface area (Å²) in [7, 11) is 0. The van der Waals surface area contributed by atoms with Gasteiger partial charge in [0.2, 0.25) is 5.28 Å². The summed E-state index contributed by atoms with van der Waals surface area (Å²) >= 11 is 13.3. The summed E-state index contributed by atoms with van der Waals surface area (Å²) < 4.78 is 1.77. The molecule has 12 heavy (non-hydrogen) atoms. The average molecular weight is 316 g/mol. The number of aromatic nitrogens is 2. The first-order valence-corrected chi connectivity index (χ1v) is 4.90. The maximum atomic E-state index is 5.74. The Morgan fingerprint density at radius 2 is 2.00 bits per heavy atom. The van der Waals surface area contributed by atoms with E-state index in [0.29, 0.717) is 5.56 Å². The number of hydrogen-bond acceptors (Lipinski definition) is 3. The van der Waals surface area contributed by atoms with Crippen molar-refractivity contribution >= 4 is 57.7 Å². The predicted molar refractivity (Wildman–Crippen MR) is 59.5 cm³/mol. The molecule has 0 bridgehead atoms. The highest BCUT2D eigenvalue weighted by Crippen LogP contribution is 2.22. The molecule has 6 heteroatoms. The number of hydrogen-bond donors (Lipinski definition) is 1. The topological polar surface area (TPSA) is 51.8 Å². The number of nitrogen functional groups attached to an aromatic ring is 1. The van der Waals surface area contributed by atoms with E-state index in [4.69, 9.17) is 28.9 Å². The molecule has 0 fully saturated rings. The van der Waals surface area contributed by atoms with Crippen molar-refractivity contribution in [3.8, 4) is 0 Å². The van der Waals surface area contributed by atoms with Crippen LogP contribution in [0.25, 0.3) is 6.08 Å². The molecule has 0 radical (unpaired) electrons. The molecular weight excluding hydrogens is 312 g/mol. The van der Waals surface area contributed by atoms with E-state index in [1.807, 2.05) is 22.6 Å². The van der Waals surface area contributed by atoms with Crippen molar-refractivity contribution in [3.63, 3.8) is 0 Å². The molecule has 0 aliphatic heterocycles. The van der Waals surface area contributed by atoms with Gasteiger partial charge in [-0.15, -0.1) is 0 Å². The van der Waals surface area contributed by atoms with Crippen molar-refractivity contribution in [2.75, 3.05) is 5.73 Å². The normalized spacial score (nSPS) is 10.9. The van der Waals surface area contributed by atoms with Crippen molar-refractivity contribution in [3.05, 3.63) is 20.1 Å². The molecule has 3 nitrogen and oxygen atoms in total. The first kappa shape index (κ1) is 10.0. The quantitative estimate of drug-likeness (QED) is 0.492. The zero-order valence-corrected chi connectivity index (χ0v) is 9.43. The van der Waals surface area contributed by atoms with E-state index >= 15 is 0 Å². The first-order chi connectivity index (χ1) is 5.65. The summed E-state index contributed by atoms with van der Waals surface area (Å²) in [6, 6.07) is 0. The molecule has 0 spiro atoms. The van der Waals surface area contributed by atoms with Crippen LogP contribution in [-0.4, -0.2) is 9.97 Å². The Balaban J connectivity index is 3.28. The minimum Gasteiger partial charge on any atom is -0.383 e. The standard InChI is InChI=1S/C6H4Cl2IN3/c7-4-3(1-2-9)5(10)12-6(8)11-4/h1-2H,(H2,10,11,12)/b2-1-. The zero-order valence-electron chi connectivity index (χ0n) is 5.76. The van der Waals surface area contributed by atoms with Gasteiger partial charge in [0.1, 0.15) is 11.0 Å². The number of nitrogens with zero attached hydrogens (tertiary/aromatic N) is 2. The van der Waals surface area contributed by atoms with Crippen molar-refractivity contribution in [1.29, 1.82) is 0 Å². The molecule has 0 atom stereocenters. The SMILES string of the molecule is Nc1nc(Cl)nc(Cl)c1/C=C\I. The first-order valence-electron chi connectivity index (χ1n) is 2.90. The molecule has 0 aromatic carbocycles. The van der Waals surface area contributed by atoms with E-state index in [2.05, 4.69) is 9.97 Å². The summed E-state index contributed by atoms with van der Waals surface area (Å²) in [6.45, 7) is 0. The third-order valence-corrected chi connectivity index (χ3v) is 1.95. The summed E-state index contributed by atoms with van der Waals surface area (Å²) in [5.74, 6) is 0.285. The van der Waals surface area contributed by atoms with Crippen LogP contribution in [0.3, 0.4) is 0 Å². The number of nitrogens with two attached hydrogens (primary N) is 1. The van der Waals surface area contributed by atoms with Crippen LogP contribution in [0.15, 0.2) is 4.08 Å². The van der Waals surface area contributed by atoms with Gasteiger partial charge in [-0.25, -0.2) is 9.97 Å². The highest BCUT2D eigenvalue weighted by atomic mass is 127. The smallest absolute Gasteiger partial charge is 0.225 e. The van der Waals surface area contributed by atoms with E-state index in [0.717, 1.165) is 0 Å². The Labute approximate surface area is 93.1 Å². The minimum absolute atomic E-state index is 0.0584. The van der Waals surface area contributed by atoms with Crippen molar-refractivity contribution in [1.82, 2.24) is 9.97 Å². The van der Waals surface area contributed by atoms with Crippen molar-refractivity contribution in [2.45, 2.75) is 0 Å². The van der Waals surface area contributed by atoms with Gasteiger partial charge in [0.25, 0.3) is 0 Å². The van der Waals surface area contributed by atoms with Crippen LogP contribution >= 0.6 is 45.8 Å². The van der Waals surface area contributed by atoms with Gasteiger partial charge >= 0.3 is 0 Å². The van der Waals surface area contributed by atoms with Crippen LogP contribution in [0.1, 0.15) is 5.56 Å². The number of anilines is 1. The molecule has 1 aromatic rings. The fourth-order valence-electron chi connectivity index (χ4n) is 0.649. The maximum absolute atomic E-state index is 5.74. The Morgan fingerprint density at radius 1 is 1.33 bits per heavy atom. The van der Waals surface area contributed by atoms with E-state index in [1.165, 1.54) is 0 Å². The van der Waals surface area contributed by atoms with E-state index in [9.17, 15) is 0 Å². The highest BCUT2D eigenvalue weighted by Gasteiger charge is 2.05. The zero-order chi connectivity index (χ0) is 9.14. The molecule has 0 aliphatic carbocycles. The predicted octanol–water partition coefficient (Wildman–Crippen LogP) is 2.77. The maximum Gasteiger partial charge on any atom is 0.225 e. The Morgan fingerprint density at radius 3 is 2.50 bits per heavy atom. The molecule has 64 valence electrons. The average Bonchev–Trinajstić information content (AvgIpc) is 1.96. The Hall–Kier alpha value is -0.0700. The largest absolute Gasteiger partial charge is 0.383 e. The monoisotopic (exact) mass is 315 g/mol. The molecule has 1 heterocycles. The Bertz CT molecular complexity index is 304. The van der Waals surface area contributed by atoms with Gasteiger partial charge in [0.05, 0.1) is 5.56 Å². The molecule has 0 saturated carbocycles. The fourth-order valence-corrected chi connectivity index (χ4v) is 1.47. The second-order valence-corrected chi connectivity index (χ2v) is 3.29. The minimum atomic E-state index is 0.0584. The fraction of sp³-hybridized carbons (Fsp3) is 0. The second kappa shape index (κ2) is 4.25. The molecule has 1 aromatic heterocycles. The van der Waals surface area contributed by atoms with E-state index in [1.54, 1.807) is 10.2 Å². The molecule has 2 N–H and O–H groups in total. The third kappa shape index (κ3) is 2.21. The molecule has 1 rings (SSSR count). The van der Waals surface area contributed by atoms with E-state index in [-0.39, 0.29) is 16.3 Å².